The smallest absolute Gasteiger partial charge is 0.0926 e. The first-order valence-corrected chi connectivity index (χ1v) is 4.75. The fourth-order valence-electron chi connectivity index (χ4n) is 1.64. The molecule has 0 bridgehead atoms. The van der Waals surface area contributed by atoms with Crippen LogP contribution in [0.15, 0.2) is 24.3 Å². The van der Waals surface area contributed by atoms with Gasteiger partial charge in [-0.1, -0.05) is 25.1 Å². The Balaban J connectivity index is 2.60. The number of rotatable bonds is 2. The van der Waals surface area contributed by atoms with E-state index in [0.29, 0.717) is 0 Å². The van der Waals surface area contributed by atoms with E-state index in [9.17, 15) is 0 Å². The van der Waals surface area contributed by atoms with Crippen molar-refractivity contribution in [3.63, 3.8) is 0 Å². The van der Waals surface area contributed by atoms with Crippen LogP contribution in [0.2, 0.25) is 0 Å². The van der Waals surface area contributed by atoms with Crippen LogP contribution in [-0.4, -0.2) is 9.78 Å². The fraction of sp³-hybridized carbons (Fsp3) is 0.364. The Morgan fingerprint density at radius 2 is 2.08 bits per heavy atom. The third-order valence-corrected chi connectivity index (χ3v) is 2.34. The lowest BCUT2D eigenvalue weighted by atomic mass is 10.2. The van der Waals surface area contributed by atoms with E-state index in [0.717, 1.165) is 18.5 Å². The molecule has 0 amide bonds. The topological polar surface area (TPSA) is 17.8 Å². The summed E-state index contributed by atoms with van der Waals surface area (Å²) < 4.78 is 2.09. The van der Waals surface area contributed by atoms with E-state index in [4.69, 9.17) is 0 Å². The largest absolute Gasteiger partial charge is 0.269 e. The molecule has 0 aliphatic heterocycles. The summed E-state index contributed by atoms with van der Waals surface area (Å²) in [6.45, 7) is 5.32. The second-order valence-corrected chi connectivity index (χ2v) is 3.33. The molecular formula is C11H14N2. The maximum Gasteiger partial charge on any atom is 0.0926 e. The van der Waals surface area contributed by atoms with Gasteiger partial charge in [0.25, 0.3) is 0 Å². The third kappa shape index (κ3) is 1.32. The van der Waals surface area contributed by atoms with Crippen LogP contribution in [0.1, 0.15) is 19.0 Å². The average molecular weight is 174 g/mol. The molecule has 0 aliphatic rings. The molecule has 0 fully saturated rings. The zero-order valence-electron chi connectivity index (χ0n) is 8.12. The molecule has 13 heavy (non-hydrogen) atoms. The highest BCUT2D eigenvalue weighted by Gasteiger charge is 2.04. The molecule has 1 heterocycles. The Bertz CT molecular complexity index is 415. The van der Waals surface area contributed by atoms with Gasteiger partial charge in [-0.15, -0.1) is 0 Å². The van der Waals surface area contributed by atoms with Crippen LogP contribution < -0.4 is 0 Å². The Morgan fingerprint density at radius 1 is 1.31 bits per heavy atom. The van der Waals surface area contributed by atoms with Crippen LogP contribution in [0.3, 0.4) is 0 Å². The molecule has 1 aromatic carbocycles. The molecule has 2 aromatic rings. The van der Waals surface area contributed by atoms with Crippen molar-refractivity contribution < 1.29 is 0 Å². The van der Waals surface area contributed by atoms with Crippen molar-refractivity contribution >= 4 is 10.9 Å². The van der Waals surface area contributed by atoms with Gasteiger partial charge in [-0.25, -0.2) is 0 Å². The summed E-state index contributed by atoms with van der Waals surface area (Å²) in [6.07, 6.45) is 1.13. The molecule has 0 unspecified atom stereocenters. The number of aromatic nitrogens is 2. The van der Waals surface area contributed by atoms with Gasteiger partial charge in [0, 0.05) is 17.6 Å². The molecule has 2 nitrogen and oxygen atoms in total. The molecule has 1 aromatic heterocycles. The molecule has 0 radical (unpaired) electrons. The maximum absolute atomic E-state index is 4.52. The lowest BCUT2D eigenvalue weighted by Crippen LogP contribution is -2.00. The van der Waals surface area contributed by atoms with Crippen molar-refractivity contribution in [3.05, 3.63) is 30.0 Å². The van der Waals surface area contributed by atoms with Crippen molar-refractivity contribution in [2.24, 2.45) is 0 Å². The molecule has 2 rings (SSSR count). The van der Waals surface area contributed by atoms with Crippen molar-refractivity contribution in [1.29, 1.82) is 0 Å². The van der Waals surface area contributed by atoms with E-state index in [1.807, 2.05) is 6.07 Å². The van der Waals surface area contributed by atoms with Gasteiger partial charge in [0.1, 0.15) is 0 Å². The maximum atomic E-state index is 4.52. The zero-order valence-corrected chi connectivity index (χ0v) is 8.12. The predicted molar refractivity (Wildman–Crippen MR) is 54.8 cm³/mol. The van der Waals surface area contributed by atoms with Crippen LogP contribution in [0.25, 0.3) is 10.9 Å². The highest BCUT2D eigenvalue weighted by Crippen LogP contribution is 2.16. The van der Waals surface area contributed by atoms with Crippen molar-refractivity contribution in [2.45, 2.75) is 26.8 Å². The van der Waals surface area contributed by atoms with Gasteiger partial charge in [-0.05, 0) is 19.4 Å². The summed E-state index contributed by atoms with van der Waals surface area (Å²) in [7, 11) is 0. The van der Waals surface area contributed by atoms with Gasteiger partial charge in [-0.2, -0.15) is 5.10 Å². The summed E-state index contributed by atoms with van der Waals surface area (Å²) in [5.74, 6) is 0. The summed E-state index contributed by atoms with van der Waals surface area (Å²) in [5.41, 5.74) is 2.38. The number of hydrogen-bond donors (Lipinski definition) is 0. The zero-order chi connectivity index (χ0) is 9.26. The third-order valence-electron chi connectivity index (χ3n) is 2.34. The van der Waals surface area contributed by atoms with Gasteiger partial charge in [-0.3, -0.25) is 4.68 Å². The number of hydrogen-bond acceptors (Lipinski definition) is 1. The Labute approximate surface area is 78.2 Å². The molecular weight excluding hydrogens is 160 g/mol. The molecule has 0 spiro atoms. The van der Waals surface area contributed by atoms with Crippen LogP contribution in [-0.2, 0) is 6.54 Å². The van der Waals surface area contributed by atoms with Gasteiger partial charge in [0.05, 0.1) is 5.52 Å². The Morgan fingerprint density at radius 3 is 2.77 bits per heavy atom. The summed E-state index contributed by atoms with van der Waals surface area (Å²) in [5, 5.41) is 5.79. The van der Waals surface area contributed by atoms with Gasteiger partial charge in [0.2, 0.25) is 0 Å². The minimum absolute atomic E-state index is 1.01. The molecule has 0 aliphatic carbocycles. The fourth-order valence-corrected chi connectivity index (χ4v) is 1.64. The number of fused-ring (bicyclic) bond motifs is 1. The molecule has 68 valence electrons. The SMILES string of the molecule is CCCn1nc2ccccc2c1C. The molecule has 0 atom stereocenters. The lowest BCUT2D eigenvalue weighted by molar-refractivity contribution is 0.593. The van der Waals surface area contributed by atoms with Crippen LogP contribution in [0.5, 0.6) is 0 Å². The van der Waals surface area contributed by atoms with Gasteiger partial charge < -0.3 is 0 Å². The molecule has 0 saturated heterocycles. The van der Waals surface area contributed by atoms with E-state index in [1.165, 1.54) is 11.1 Å². The minimum Gasteiger partial charge on any atom is -0.269 e. The first-order valence-electron chi connectivity index (χ1n) is 4.75. The summed E-state index contributed by atoms with van der Waals surface area (Å²) in [4.78, 5) is 0. The monoisotopic (exact) mass is 174 g/mol. The van der Waals surface area contributed by atoms with Crippen LogP contribution in [0, 0.1) is 6.92 Å². The highest BCUT2D eigenvalue weighted by atomic mass is 15.3. The van der Waals surface area contributed by atoms with Crippen LogP contribution >= 0.6 is 0 Å². The number of benzene rings is 1. The quantitative estimate of drug-likeness (QED) is 0.684. The highest BCUT2D eigenvalue weighted by molar-refractivity contribution is 5.81. The minimum atomic E-state index is 1.01. The number of aryl methyl sites for hydroxylation is 2. The second kappa shape index (κ2) is 3.21. The van der Waals surface area contributed by atoms with E-state index in [2.05, 4.69) is 41.8 Å². The van der Waals surface area contributed by atoms with Gasteiger partial charge in [0.15, 0.2) is 0 Å². The van der Waals surface area contributed by atoms with E-state index < -0.39 is 0 Å². The molecule has 2 heteroatoms. The lowest BCUT2D eigenvalue weighted by Gasteiger charge is -1.99. The van der Waals surface area contributed by atoms with Crippen LogP contribution in [0.4, 0.5) is 0 Å². The summed E-state index contributed by atoms with van der Waals surface area (Å²) in [6, 6.07) is 8.29. The first-order chi connectivity index (χ1) is 6.33. The second-order valence-electron chi connectivity index (χ2n) is 3.33. The van der Waals surface area contributed by atoms with Gasteiger partial charge >= 0.3 is 0 Å². The molecule has 0 saturated carbocycles. The Hall–Kier alpha value is -1.31. The predicted octanol–water partition coefficient (Wildman–Crippen LogP) is 2.75. The van der Waals surface area contributed by atoms with E-state index in [-0.39, 0.29) is 0 Å². The standard InChI is InChI=1S/C11H14N2/c1-3-8-13-9(2)10-6-4-5-7-11(10)12-13/h4-7H,3,8H2,1-2H3. The number of nitrogens with zero attached hydrogens (tertiary/aromatic N) is 2. The van der Waals surface area contributed by atoms with E-state index in [1.54, 1.807) is 0 Å². The van der Waals surface area contributed by atoms with E-state index >= 15 is 0 Å². The molecule has 0 N–H and O–H groups in total. The van der Waals surface area contributed by atoms with Crippen molar-refractivity contribution in [2.75, 3.05) is 0 Å². The van der Waals surface area contributed by atoms with Crippen molar-refractivity contribution in [1.82, 2.24) is 9.78 Å². The Kier molecular flexibility index (Phi) is 2.05. The normalized spacial score (nSPS) is 10.9. The summed E-state index contributed by atoms with van der Waals surface area (Å²) >= 11 is 0. The first kappa shape index (κ1) is 8.30. The average Bonchev–Trinajstić information content (AvgIpc) is 2.46. The van der Waals surface area contributed by atoms with Crippen molar-refractivity contribution in [3.8, 4) is 0 Å².